The molecule has 26 heavy (non-hydrogen) atoms. The number of carbonyl (C=O) groups excluding carboxylic acids is 1. The Hall–Kier alpha value is -2.15. The van der Waals surface area contributed by atoms with E-state index in [1.165, 1.54) is 12.1 Å². The van der Waals surface area contributed by atoms with E-state index < -0.39 is 11.9 Å². The topological polar surface area (TPSA) is 72.9 Å². The third-order valence-electron chi connectivity index (χ3n) is 5.78. The van der Waals surface area contributed by atoms with Gasteiger partial charge in [-0.2, -0.15) is 0 Å². The van der Waals surface area contributed by atoms with Crippen molar-refractivity contribution in [3.05, 3.63) is 30.1 Å². The van der Waals surface area contributed by atoms with Gasteiger partial charge in [-0.15, -0.1) is 0 Å². The number of halogens is 1. The quantitative estimate of drug-likeness (QED) is 0.800. The van der Waals surface area contributed by atoms with Crippen LogP contribution in [-0.4, -0.2) is 60.1 Å². The molecule has 0 spiro atoms. The molecule has 1 heterocycles. The average molecular weight is 361 g/mol. The molecule has 0 radical (unpaired) electrons. The summed E-state index contributed by atoms with van der Waals surface area (Å²) in [6, 6.07) is 6.58. The average Bonchev–Trinajstić information content (AvgIpc) is 3.52. The van der Waals surface area contributed by atoms with E-state index >= 15 is 0 Å². The van der Waals surface area contributed by atoms with Gasteiger partial charge in [-0.1, -0.05) is 0 Å². The van der Waals surface area contributed by atoms with Gasteiger partial charge in [0.1, 0.15) is 5.82 Å². The molecule has 3 aliphatic rings. The minimum atomic E-state index is -0.869. The number of anilines is 1. The van der Waals surface area contributed by atoms with Crippen LogP contribution in [0.2, 0.25) is 0 Å². The predicted octanol–water partition coefficient (Wildman–Crippen LogP) is 1.32. The van der Waals surface area contributed by atoms with Gasteiger partial charge in [0.05, 0.1) is 17.4 Å². The second kappa shape index (κ2) is 6.54. The molecule has 2 aliphatic carbocycles. The zero-order valence-corrected chi connectivity index (χ0v) is 14.7. The molecular weight excluding hydrogens is 337 g/mol. The lowest BCUT2D eigenvalue weighted by Gasteiger charge is -2.38. The second-order valence-electron chi connectivity index (χ2n) is 7.80. The smallest absolute Gasteiger partial charge is 0.307 e. The van der Waals surface area contributed by atoms with E-state index in [1.54, 1.807) is 0 Å². The van der Waals surface area contributed by atoms with Crippen molar-refractivity contribution in [2.24, 2.45) is 11.8 Å². The van der Waals surface area contributed by atoms with Crippen LogP contribution in [0.5, 0.6) is 0 Å². The number of carbonyl (C=O) groups is 2. The third kappa shape index (κ3) is 3.67. The Labute approximate surface area is 152 Å². The van der Waals surface area contributed by atoms with E-state index in [1.807, 2.05) is 12.1 Å². The van der Waals surface area contributed by atoms with Crippen molar-refractivity contribution in [1.29, 1.82) is 0 Å². The number of aliphatic carboxylic acids is 1. The van der Waals surface area contributed by atoms with E-state index in [4.69, 9.17) is 5.11 Å². The van der Waals surface area contributed by atoms with Crippen molar-refractivity contribution in [2.75, 3.05) is 37.6 Å². The van der Waals surface area contributed by atoms with Crippen molar-refractivity contribution in [2.45, 2.75) is 24.8 Å². The molecule has 1 aromatic rings. The van der Waals surface area contributed by atoms with Crippen molar-refractivity contribution < 1.29 is 19.1 Å². The largest absolute Gasteiger partial charge is 0.481 e. The summed E-state index contributed by atoms with van der Waals surface area (Å²) in [6.07, 6.45) is 2.39. The molecule has 1 aromatic carbocycles. The molecule has 0 aromatic heterocycles. The summed E-state index contributed by atoms with van der Waals surface area (Å²) < 4.78 is 13.0. The Morgan fingerprint density at radius 2 is 1.77 bits per heavy atom. The van der Waals surface area contributed by atoms with Gasteiger partial charge in [0, 0.05) is 38.4 Å². The maximum atomic E-state index is 13.0. The first-order valence-electron chi connectivity index (χ1n) is 9.23. The highest BCUT2D eigenvalue weighted by Gasteiger charge is 2.52. The van der Waals surface area contributed by atoms with Gasteiger partial charge in [0.15, 0.2) is 0 Å². The van der Waals surface area contributed by atoms with Crippen LogP contribution in [0.25, 0.3) is 0 Å². The summed E-state index contributed by atoms with van der Waals surface area (Å²) in [7, 11) is 0. The predicted molar refractivity (Wildman–Crippen MR) is 94.4 cm³/mol. The Morgan fingerprint density at radius 1 is 1.12 bits per heavy atom. The van der Waals surface area contributed by atoms with Gasteiger partial charge < -0.3 is 15.3 Å². The molecule has 2 N–H and O–H groups in total. The standard InChI is InChI=1S/C19H24FN3O3/c20-13-1-3-14(4-2-13)23-9-7-22(8-10-23)12-19(5-6-19)21-17(24)15-11-16(15)18(25)26/h1-4,15-16H,5-12H2,(H,21,24)(H,25,26)/t15-,16-/m1/s1. The lowest BCUT2D eigenvalue weighted by Crippen LogP contribution is -2.53. The zero-order chi connectivity index (χ0) is 18.3. The first-order chi connectivity index (χ1) is 12.5. The SMILES string of the molecule is O=C(O)[C@@H]1C[C@H]1C(=O)NC1(CN2CCN(c3ccc(F)cc3)CC2)CC1. The summed E-state index contributed by atoms with van der Waals surface area (Å²) in [5.74, 6) is -2.03. The molecule has 0 unspecified atom stereocenters. The van der Waals surface area contributed by atoms with Gasteiger partial charge >= 0.3 is 5.97 Å². The van der Waals surface area contributed by atoms with Crippen LogP contribution in [0.3, 0.4) is 0 Å². The van der Waals surface area contributed by atoms with Crippen LogP contribution in [-0.2, 0) is 9.59 Å². The van der Waals surface area contributed by atoms with Gasteiger partial charge in [-0.05, 0) is 43.5 Å². The lowest BCUT2D eigenvalue weighted by molar-refractivity contribution is -0.140. The van der Waals surface area contributed by atoms with Crippen molar-refractivity contribution in [3.63, 3.8) is 0 Å². The molecule has 4 rings (SSSR count). The number of rotatable bonds is 6. The highest BCUT2D eigenvalue weighted by molar-refractivity contribution is 5.90. The zero-order valence-electron chi connectivity index (χ0n) is 14.7. The number of hydrogen-bond donors (Lipinski definition) is 2. The van der Waals surface area contributed by atoms with Crippen LogP contribution < -0.4 is 10.2 Å². The van der Waals surface area contributed by atoms with Gasteiger partial charge in [-0.25, -0.2) is 4.39 Å². The Morgan fingerprint density at radius 3 is 2.31 bits per heavy atom. The minimum absolute atomic E-state index is 0.0974. The number of benzene rings is 1. The van der Waals surface area contributed by atoms with Gasteiger partial charge in [0.25, 0.3) is 0 Å². The molecule has 1 amide bonds. The molecule has 140 valence electrons. The molecule has 1 aliphatic heterocycles. The van der Waals surface area contributed by atoms with E-state index in [9.17, 15) is 14.0 Å². The van der Waals surface area contributed by atoms with Crippen molar-refractivity contribution >= 4 is 17.6 Å². The summed E-state index contributed by atoms with van der Waals surface area (Å²) >= 11 is 0. The third-order valence-corrected chi connectivity index (χ3v) is 5.78. The van der Waals surface area contributed by atoms with Crippen LogP contribution in [0, 0.1) is 17.7 Å². The summed E-state index contributed by atoms with van der Waals surface area (Å²) in [6.45, 7) is 4.37. The maximum Gasteiger partial charge on any atom is 0.307 e. The summed E-state index contributed by atoms with van der Waals surface area (Å²) in [4.78, 5) is 27.8. The molecule has 3 fully saturated rings. The van der Waals surface area contributed by atoms with Crippen molar-refractivity contribution in [1.82, 2.24) is 10.2 Å². The lowest BCUT2D eigenvalue weighted by atomic mass is 10.2. The minimum Gasteiger partial charge on any atom is -0.481 e. The normalized spacial score (nSPS) is 27.0. The van der Waals surface area contributed by atoms with Gasteiger partial charge in [0.2, 0.25) is 5.91 Å². The molecule has 1 saturated heterocycles. The van der Waals surface area contributed by atoms with Crippen LogP contribution in [0.1, 0.15) is 19.3 Å². The monoisotopic (exact) mass is 361 g/mol. The second-order valence-corrected chi connectivity index (χ2v) is 7.80. The maximum absolute atomic E-state index is 13.0. The highest BCUT2D eigenvalue weighted by Crippen LogP contribution is 2.42. The Kier molecular flexibility index (Phi) is 4.34. The van der Waals surface area contributed by atoms with Gasteiger partial charge in [-0.3, -0.25) is 14.5 Å². The van der Waals surface area contributed by atoms with E-state index in [0.717, 1.165) is 51.3 Å². The number of hydrogen-bond acceptors (Lipinski definition) is 4. The fraction of sp³-hybridized carbons (Fsp3) is 0.579. The summed E-state index contributed by atoms with van der Waals surface area (Å²) in [5, 5.41) is 12.1. The molecule has 0 bridgehead atoms. The van der Waals surface area contributed by atoms with E-state index in [-0.39, 0.29) is 23.2 Å². The fourth-order valence-electron chi connectivity index (χ4n) is 3.83. The van der Waals surface area contributed by atoms with Crippen molar-refractivity contribution in [3.8, 4) is 0 Å². The number of piperazine rings is 1. The first kappa shape index (κ1) is 17.3. The number of amides is 1. The molecule has 7 heteroatoms. The van der Waals surface area contributed by atoms with Crippen LogP contribution >= 0.6 is 0 Å². The highest BCUT2D eigenvalue weighted by atomic mass is 19.1. The fourth-order valence-corrected chi connectivity index (χ4v) is 3.83. The molecule has 6 nitrogen and oxygen atoms in total. The van der Waals surface area contributed by atoms with Crippen LogP contribution in [0.4, 0.5) is 10.1 Å². The number of nitrogens with one attached hydrogen (secondary N) is 1. The first-order valence-corrected chi connectivity index (χ1v) is 9.23. The molecular formula is C19H24FN3O3. The number of carboxylic acid groups (broad SMARTS) is 1. The summed E-state index contributed by atoms with van der Waals surface area (Å²) in [5.41, 5.74) is 0.870. The number of nitrogens with zero attached hydrogens (tertiary/aromatic N) is 2. The number of carboxylic acids is 1. The van der Waals surface area contributed by atoms with Crippen LogP contribution in [0.15, 0.2) is 24.3 Å². The van der Waals surface area contributed by atoms with E-state index in [0.29, 0.717) is 6.42 Å². The Bertz CT molecular complexity index is 696. The molecule has 2 atom stereocenters. The Balaban J connectivity index is 1.26. The van der Waals surface area contributed by atoms with E-state index in [2.05, 4.69) is 15.1 Å². The molecule has 2 saturated carbocycles.